The maximum absolute atomic E-state index is 5.58. The van der Waals surface area contributed by atoms with Crippen molar-refractivity contribution >= 4 is 10.8 Å². The van der Waals surface area contributed by atoms with E-state index in [1.165, 1.54) is 0 Å². The van der Waals surface area contributed by atoms with Crippen LogP contribution in [0.3, 0.4) is 0 Å². The van der Waals surface area contributed by atoms with Crippen LogP contribution in [0.15, 0.2) is 54.6 Å². The fraction of sp³-hybridized carbons (Fsp3) is 0.158. The minimum absolute atomic E-state index is 0.758. The Bertz CT molecular complexity index is 809. The van der Waals surface area contributed by atoms with Crippen LogP contribution in [-0.4, -0.2) is 21.3 Å². The Morgan fingerprint density at radius 2 is 1.45 bits per heavy atom. The summed E-state index contributed by atoms with van der Waals surface area (Å²) in [6, 6.07) is 18.1. The van der Waals surface area contributed by atoms with Crippen molar-refractivity contribution in [2.45, 2.75) is 0 Å². The summed E-state index contributed by atoms with van der Waals surface area (Å²) < 4.78 is 16.4. The Hall–Kier alpha value is -2.68. The van der Waals surface area contributed by atoms with Crippen molar-refractivity contribution in [2.24, 2.45) is 0 Å². The Balaban J connectivity index is 2.33. The third-order valence-corrected chi connectivity index (χ3v) is 3.79. The molecule has 0 saturated heterocycles. The van der Waals surface area contributed by atoms with Gasteiger partial charge in [-0.25, -0.2) is 0 Å². The van der Waals surface area contributed by atoms with E-state index in [0.717, 1.165) is 39.1 Å². The van der Waals surface area contributed by atoms with Crippen LogP contribution < -0.4 is 14.2 Å². The van der Waals surface area contributed by atoms with E-state index in [9.17, 15) is 0 Å². The van der Waals surface area contributed by atoms with Crippen molar-refractivity contribution in [3.8, 4) is 28.4 Å². The second-order valence-electron chi connectivity index (χ2n) is 4.93. The molecular formula is C19H18O3. The van der Waals surface area contributed by atoms with Gasteiger partial charge >= 0.3 is 0 Å². The molecule has 3 aromatic rings. The maximum atomic E-state index is 5.58. The monoisotopic (exact) mass is 294 g/mol. The van der Waals surface area contributed by atoms with Crippen molar-refractivity contribution in [2.75, 3.05) is 21.3 Å². The average molecular weight is 294 g/mol. The molecule has 0 N–H and O–H groups in total. The van der Waals surface area contributed by atoms with E-state index >= 15 is 0 Å². The summed E-state index contributed by atoms with van der Waals surface area (Å²) >= 11 is 0. The van der Waals surface area contributed by atoms with Crippen LogP contribution in [0.5, 0.6) is 17.2 Å². The van der Waals surface area contributed by atoms with Crippen LogP contribution in [0.2, 0.25) is 0 Å². The van der Waals surface area contributed by atoms with Crippen molar-refractivity contribution in [1.29, 1.82) is 0 Å². The Kier molecular flexibility index (Phi) is 3.88. The number of rotatable bonds is 4. The van der Waals surface area contributed by atoms with Gasteiger partial charge in [0.1, 0.15) is 17.2 Å². The Morgan fingerprint density at radius 1 is 0.682 bits per heavy atom. The van der Waals surface area contributed by atoms with E-state index in [4.69, 9.17) is 14.2 Å². The summed E-state index contributed by atoms with van der Waals surface area (Å²) in [5.74, 6) is 2.34. The predicted molar refractivity (Wildman–Crippen MR) is 89.0 cm³/mol. The third kappa shape index (κ3) is 2.35. The normalized spacial score (nSPS) is 10.5. The fourth-order valence-corrected chi connectivity index (χ4v) is 2.70. The molecule has 22 heavy (non-hydrogen) atoms. The molecule has 0 radical (unpaired) electrons. The molecule has 0 aliphatic heterocycles. The average Bonchev–Trinajstić information content (AvgIpc) is 2.60. The quantitative estimate of drug-likeness (QED) is 0.707. The van der Waals surface area contributed by atoms with Crippen molar-refractivity contribution < 1.29 is 14.2 Å². The second kappa shape index (κ2) is 5.98. The summed E-state index contributed by atoms with van der Waals surface area (Å²) in [6.45, 7) is 0. The first kappa shape index (κ1) is 14.3. The van der Waals surface area contributed by atoms with Gasteiger partial charge in [-0.3, -0.25) is 0 Å². The summed E-state index contributed by atoms with van der Waals surface area (Å²) in [4.78, 5) is 0. The number of hydrogen-bond donors (Lipinski definition) is 0. The van der Waals surface area contributed by atoms with Crippen LogP contribution in [0.1, 0.15) is 0 Å². The maximum Gasteiger partial charge on any atom is 0.130 e. The number of benzene rings is 3. The van der Waals surface area contributed by atoms with Crippen LogP contribution in [0.25, 0.3) is 21.9 Å². The lowest BCUT2D eigenvalue weighted by Crippen LogP contribution is -1.94. The molecule has 0 saturated carbocycles. The first-order valence-electron chi connectivity index (χ1n) is 7.06. The highest BCUT2D eigenvalue weighted by atomic mass is 16.5. The topological polar surface area (TPSA) is 27.7 Å². The van der Waals surface area contributed by atoms with Gasteiger partial charge in [-0.15, -0.1) is 0 Å². The first-order chi connectivity index (χ1) is 10.8. The smallest absolute Gasteiger partial charge is 0.130 e. The van der Waals surface area contributed by atoms with Crippen molar-refractivity contribution in [3.05, 3.63) is 54.6 Å². The lowest BCUT2D eigenvalue weighted by Gasteiger charge is -2.16. The van der Waals surface area contributed by atoms with Crippen LogP contribution >= 0.6 is 0 Å². The molecule has 0 heterocycles. The molecule has 0 fully saturated rings. The van der Waals surface area contributed by atoms with Crippen LogP contribution in [-0.2, 0) is 0 Å². The van der Waals surface area contributed by atoms with Crippen LogP contribution in [0, 0.1) is 0 Å². The van der Waals surface area contributed by atoms with Gasteiger partial charge in [0.05, 0.1) is 21.3 Å². The van der Waals surface area contributed by atoms with E-state index in [-0.39, 0.29) is 0 Å². The van der Waals surface area contributed by atoms with Crippen molar-refractivity contribution in [1.82, 2.24) is 0 Å². The second-order valence-corrected chi connectivity index (χ2v) is 4.93. The van der Waals surface area contributed by atoms with E-state index in [1.54, 1.807) is 21.3 Å². The number of hydrogen-bond acceptors (Lipinski definition) is 3. The molecule has 3 aromatic carbocycles. The molecule has 0 unspecified atom stereocenters. The number of ether oxygens (including phenoxy) is 3. The molecule has 0 spiro atoms. The fourth-order valence-electron chi connectivity index (χ4n) is 2.70. The molecule has 0 aliphatic rings. The highest BCUT2D eigenvalue weighted by Gasteiger charge is 2.15. The summed E-state index contributed by atoms with van der Waals surface area (Å²) in [5, 5.41) is 2.29. The zero-order chi connectivity index (χ0) is 15.5. The zero-order valence-electron chi connectivity index (χ0n) is 12.9. The molecule has 112 valence electrons. The van der Waals surface area contributed by atoms with Crippen LogP contribution in [0.4, 0.5) is 0 Å². The van der Waals surface area contributed by atoms with Gasteiger partial charge in [-0.05, 0) is 29.0 Å². The van der Waals surface area contributed by atoms with Gasteiger partial charge in [0, 0.05) is 17.2 Å². The Morgan fingerprint density at radius 3 is 2.18 bits per heavy atom. The van der Waals surface area contributed by atoms with Gasteiger partial charge in [0.15, 0.2) is 0 Å². The first-order valence-corrected chi connectivity index (χ1v) is 7.06. The van der Waals surface area contributed by atoms with E-state index in [0.29, 0.717) is 0 Å². The lowest BCUT2D eigenvalue weighted by molar-refractivity contribution is 0.394. The van der Waals surface area contributed by atoms with Gasteiger partial charge < -0.3 is 14.2 Å². The summed E-state index contributed by atoms with van der Waals surface area (Å²) in [5.41, 5.74) is 2.01. The van der Waals surface area contributed by atoms with E-state index in [2.05, 4.69) is 18.2 Å². The standard InChI is InChI=1S/C19H18O3/c1-20-14-9-10-16(18(12-14)22-3)19-15-7-5-4-6-13(15)8-11-17(19)21-2/h4-12H,1-3H3. The third-order valence-electron chi connectivity index (χ3n) is 3.79. The lowest BCUT2D eigenvalue weighted by atomic mass is 9.96. The molecule has 0 amide bonds. The highest BCUT2D eigenvalue weighted by molar-refractivity contribution is 6.01. The van der Waals surface area contributed by atoms with Crippen molar-refractivity contribution in [3.63, 3.8) is 0 Å². The molecule has 0 aromatic heterocycles. The van der Waals surface area contributed by atoms with E-state index < -0.39 is 0 Å². The Labute approximate surface area is 130 Å². The molecule has 3 heteroatoms. The van der Waals surface area contributed by atoms with E-state index in [1.807, 2.05) is 36.4 Å². The van der Waals surface area contributed by atoms with Gasteiger partial charge in [-0.2, -0.15) is 0 Å². The SMILES string of the molecule is COc1ccc(-c2c(OC)ccc3ccccc23)c(OC)c1. The minimum atomic E-state index is 0.758. The number of methoxy groups -OCH3 is 3. The van der Waals surface area contributed by atoms with Gasteiger partial charge in [0.2, 0.25) is 0 Å². The highest BCUT2D eigenvalue weighted by Crippen LogP contribution is 2.42. The molecule has 3 rings (SSSR count). The van der Waals surface area contributed by atoms with Gasteiger partial charge in [-0.1, -0.05) is 30.3 Å². The molecule has 0 atom stereocenters. The molecule has 3 nitrogen and oxygen atoms in total. The molecular weight excluding hydrogens is 276 g/mol. The largest absolute Gasteiger partial charge is 0.497 e. The number of fused-ring (bicyclic) bond motifs is 1. The molecule has 0 aliphatic carbocycles. The van der Waals surface area contributed by atoms with Gasteiger partial charge in [0.25, 0.3) is 0 Å². The molecule has 0 bridgehead atoms. The predicted octanol–water partition coefficient (Wildman–Crippen LogP) is 4.53. The summed E-state index contributed by atoms with van der Waals surface area (Å²) in [6.07, 6.45) is 0. The minimum Gasteiger partial charge on any atom is -0.497 e. The zero-order valence-corrected chi connectivity index (χ0v) is 12.9. The summed E-state index contributed by atoms with van der Waals surface area (Å²) in [7, 11) is 4.99.